The molecule has 1 rings (SSSR count). The number of thioether (sulfide) groups is 6. The average Bonchev–Trinajstić information content (AvgIpc) is 0.775. The molecule has 1 saturated heterocycles. The molecule has 0 aromatic heterocycles. The number of unbranched alkanes of at least 4 members (excludes halogenated alkanes) is 32. The van der Waals surface area contributed by atoms with Gasteiger partial charge < -0.3 is 76.4 Å². The van der Waals surface area contributed by atoms with Crippen molar-refractivity contribution in [2.45, 2.75) is 403 Å². The van der Waals surface area contributed by atoms with Crippen molar-refractivity contribution in [3.63, 3.8) is 0 Å². The Morgan fingerprint density at radius 1 is 0.220 bits per heavy atom. The molecule has 0 bridgehead atoms. The van der Waals surface area contributed by atoms with Crippen LogP contribution < -0.4 is 0 Å². The number of carbonyl (C=O) groups excluding carboxylic acids is 14. The first-order valence-corrected chi connectivity index (χ1v) is 65.1. The van der Waals surface area contributed by atoms with Crippen LogP contribution in [-0.4, -0.2) is 316 Å². The standard InChI is InChI=1S/C114H204N4O26S6/c1-13-19-25-31-37-47-81-145-87-93(7)109(127)139-75-69-133-101(119)55-63-115(64-56-102(120)134-70-76-140-110(128)94(8)88-146-82-48-38-32-26-20-14-2)61-45-43-53-99-107(125)118(68-60-106(124)138-74-80-144-114(132)98(12)92-150-86-52-42-36-30-24-18-6)100(108(126)117(99)67-59-105(123)137-73-79-143-113(131)97(11)91-149-85-51-41-35-29-23-17-5)54-44-46-62-116(65-57-103(121)135-71-77-141-111(129)95(9)89-147-83-49-39-33-27-21-15-3)66-58-104(122)136-72-78-142-112(130)96(10)90-148-84-50-40-34-28-22-16-4/h93-100H,13-92H2,1-12H3. The van der Waals surface area contributed by atoms with E-state index in [2.05, 4.69) is 41.5 Å². The van der Waals surface area contributed by atoms with Crippen LogP contribution in [-0.2, 0) is 124 Å². The minimum absolute atomic E-state index is 0.0358. The van der Waals surface area contributed by atoms with Gasteiger partial charge in [-0.2, -0.15) is 70.6 Å². The Balaban J connectivity index is 3.85. The van der Waals surface area contributed by atoms with E-state index in [4.69, 9.17) is 56.8 Å². The summed E-state index contributed by atoms with van der Waals surface area (Å²) in [5, 5.41) is 0. The maximum Gasteiger partial charge on any atom is 0.309 e. The molecular weight excluding hydrogens is 2030 g/mol. The number of nitrogens with zero attached hydrogens (tertiary/aromatic N) is 4. The third-order valence-electron chi connectivity index (χ3n) is 26.0. The Morgan fingerprint density at radius 2 is 0.387 bits per heavy atom. The smallest absolute Gasteiger partial charge is 0.309 e. The van der Waals surface area contributed by atoms with E-state index in [1.165, 1.54) is 164 Å². The minimum Gasteiger partial charge on any atom is -0.462 e. The number of rotatable bonds is 106. The highest BCUT2D eigenvalue weighted by molar-refractivity contribution is 8.00. The van der Waals surface area contributed by atoms with Crippen molar-refractivity contribution in [1.29, 1.82) is 0 Å². The summed E-state index contributed by atoms with van der Waals surface area (Å²) in [5.41, 5.74) is 0. The molecule has 30 nitrogen and oxygen atoms in total. The number of piperazine rings is 1. The highest BCUT2D eigenvalue weighted by atomic mass is 32.2. The van der Waals surface area contributed by atoms with Crippen molar-refractivity contribution in [2.24, 2.45) is 35.5 Å². The zero-order valence-electron chi connectivity index (χ0n) is 95.0. The van der Waals surface area contributed by atoms with Crippen molar-refractivity contribution in [3.05, 3.63) is 0 Å². The van der Waals surface area contributed by atoms with Crippen molar-refractivity contribution in [2.75, 3.05) is 201 Å². The largest absolute Gasteiger partial charge is 0.462 e. The molecule has 1 aliphatic heterocycles. The Labute approximate surface area is 930 Å². The lowest BCUT2D eigenvalue weighted by Gasteiger charge is -2.45. The van der Waals surface area contributed by atoms with E-state index in [-0.39, 0.29) is 243 Å². The third kappa shape index (κ3) is 80.4. The molecule has 150 heavy (non-hydrogen) atoms. The highest BCUT2D eigenvalue weighted by Gasteiger charge is 2.46. The fourth-order valence-electron chi connectivity index (χ4n) is 16.4. The number of hydrogen-bond donors (Lipinski definition) is 0. The van der Waals surface area contributed by atoms with E-state index in [0.717, 1.165) is 112 Å². The van der Waals surface area contributed by atoms with E-state index in [0.29, 0.717) is 47.4 Å². The normalized spacial score (nSPS) is 14.3. The third-order valence-corrected chi connectivity index (χ3v) is 33.8. The zero-order chi connectivity index (χ0) is 110. The van der Waals surface area contributed by atoms with Crippen LogP contribution in [0.15, 0.2) is 0 Å². The van der Waals surface area contributed by atoms with Gasteiger partial charge in [-0.15, -0.1) is 0 Å². The monoisotopic (exact) mass is 2240 g/mol. The predicted octanol–water partition coefficient (Wildman–Crippen LogP) is 22.6. The van der Waals surface area contributed by atoms with E-state index >= 15 is 9.59 Å². The van der Waals surface area contributed by atoms with Crippen LogP contribution in [0.3, 0.4) is 0 Å². The quantitative estimate of drug-likeness (QED) is 0.0310. The molecule has 1 heterocycles. The molecule has 0 N–H and O–H groups in total. The Morgan fingerprint density at radius 3 is 0.573 bits per heavy atom. The van der Waals surface area contributed by atoms with Crippen LogP contribution in [0, 0.1) is 35.5 Å². The van der Waals surface area contributed by atoms with E-state index in [1.54, 1.807) is 84.4 Å². The molecular formula is C114H204N4O26S6. The van der Waals surface area contributed by atoms with Gasteiger partial charge in [-0.05, 0) is 125 Å². The van der Waals surface area contributed by atoms with Crippen LogP contribution in [0.25, 0.3) is 0 Å². The molecule has 0 aromatic carbocycles. The van der Waals surface area contributed by atoms with Gasteiger partial charge in [0.2, 0.25) is 11.8 Å². The summed E-state index contributed by atoms with van der Waals surface area (Å²) in [4.78, 5) is 198. The summed E-state index contributed by atoms with van der Waals surface area (Å²) in [6, 6.07) is -2.42. The molecule has 0 aromatic rings. The van der Waals surface area contributed by atoms with Gasteiger partial charge in [0.25, 0.3) is 0 Å². The first kappa shape index (κ1) is 143. The van der Waals surface area contributed by atoms with Gasteiger partial charge in [-0.3, -0.25) is 67.1 Å². The maximum absolute atomic E-state index is 15.8. The van der Waals surface area contributed by atoms with Crippen LogP contribution in [0.5, 0.6) is 0 Å². The van der Waals surface area contributed by atoms with Crippen LogP contribution >= 0.6 is 70.6 Å². The summed E-state index contributed by atoms with van der Waals surface area (Å²) in [7, 11) is 0. The fraction of sp³-hybridized carbons (Fsp3) is 0.877. The molecule has 8 unspecified atom stereocenters. The maximum atomic E-state index is 15.8. The van der Waals surface area contributed by atoms with Crippen LogP contribution in [0.1, 0.15) is 391 Å². The molecule has 8 atom stereocenters. The molecule has 0 saturated carbocycles. The van der Waals surface area contributed by atoms with Gasteiger partial charge in [0.15, 0.2) is 0 Å². The molecule has 2 amide bonds. The van der Waals surface area contributed by atoms with E-state index in [9.17, 15) is 57.5 Å². The average molecular weight is 2240 g/mol. The van der Waals surface area contributed by atoms with Crippen molar-refractivity contribution in [3.8, 4) is 0 Å². The van der Waals surface area contributed by atoms with Gasteiger partial charge in [0.1, 0.15) is 91.4 Å². The summed E-state index contributed by atoms with van der Waals surface area (Å²) in [5.74, 6) is -0.223. The zero-order valence-corrected chi connectivity index (χ0v) is 99.9. The van der Waals surface area contributed by atoms with E-state index < -0.39 is 83.5 Å². The summed E-state index contributed by atoms with van der Waals surface area (Å²) in [6.45, 7) is 22.1. The first-order chi connectivity index (χ1) is 72.7. The summed E-state index contributed by atoms with van der Waals surface area (Å²) < 4.78 is 66.7. The number of carbonyl (C=O) groups is 14. The number of hydrogen-bond acceptors (Lipinski definition) is 34. The molecule has 0 aliphatic carbocycles. The second-order valence-corrected chi connectivity index (χ2v) is 47.0. The summed E-state index contributed by atoms with van der Waals surface area (Å²) >= 11 is 10.3. The van der Waals surface area contributed by atoms with Crippen molar-refractivity contribution >= 4 is 154 Å². The number of amides is 2. The number of esters is 12. The molecule has 36 heteroatoms. The molecule has 0 radical (unpaired) electrons. The molecule has 1 aliphatic rings. The number of ether oxygens (including phenoxy) is 12. The first-order valence-electron chi connectivity index (χ1n) is 58.1. The lowest BCUT2D eigenvalue weighted by molar-refractivity contribution is -0.165. The summed E-state index contributed by atoms with van der Waals surface area (Å²) in [6.07, 6.45) is 42.3. The minimum atomic E-state index is -1.21. The van der Waals surface area contributed by atoms with Gasteiger partial charge in [0, 0.05) is 73.8 Å². The molecule has 1 fully saturated rings. The fourth-order valence-corrected chi connectivity index (χ4v) is 22.8. The van der Waals surface area contributed by atoms with E-state index in [1.807, 2.05) is 37.5 Å². The Kier molecular flexibility index (Phi) is 95.4. The second kappa shape index (κ2) is 100. The SMILES string of the molecule is CCCCCCCCSCC(C)C(=O)OCCOC(=O)CCN(CCCCC1C(=O)N(CCC(=O)OCCOC(=O)C(C)CSCCCCCCCC)C(CCCCN(CCC(=O)OCCOC(=O)C(C)CSCCCCCCCC)CCC(=O)OCCOC(=O)C(C)CSCCCCCCCC)C(=O)N1CCC(=O)OCCOC(=O)C(C)CSCCCCCCCC)CCC(=O)OCCOC(=O)C(C)CSCCCCCCCC. The van der Waals surface area contributed by atoms with Crippen molar-refractivity contribution < 1.29 is 124 Å². The Hall–Kier alpha value is -5.40. The molecule has 0 spiro atoms. The predicted molar refractivity (Wildman–Crippen MR) is 610 cm³/mol. The van der Waals surface area contributed by atoms with Crippen LogP contribution in [0.2, 0.25) is 0 Å². The second-order valence-electron chi connectivity index (χ2n) is 40.1. The topological polar surface area (TPSA) is 363 Å². The lowest BCUT2D eigenvalue weighted by Crippen LogP contribution is -2.65. The lowest BCUT2D eigenvalue weighted by atomic mass is 9.95. The van der Waals surface area contributed by atoms with Crippen molar-refractivity contribution in [1.82, 2.24) is 19.6 Å². The van der Waals surface area contributed by atoms with Crippen LogP contribution in [0.4, 0.5) is 0 Å². The van der Waals surface area contributed by atoms with Gasteiger partial charge in [-0.25, -0.2) is 0 Å². The molecule has 872 valence electrons. The Bertz CT molecular complexity index is 3150. The van der Waals surface area contributed by atoms with Gasteiger partial charge in [0.05, 0.1) is 74.0 Å². The van der Waals surface area contributed by atoms with Gasteiger partial charge in [-0.1, -0.05) is 276 Å². The highest BCUT2D eigenvalue weighted by Crippen LogP contribution is 2.29. The van der Waals surface area contributed by atoms with Gasteiger partial charge >= 0.3 is 71.6 Å².